The Hall–Kier alpha value is -0.690. The summed E-state index contributed by atoms with van der Waals surface area (Å²) in [4.78, 5) is 25.6. The molecule has 0 bridgehead atoms. The van der Waals surface area contributed by atoms with Gasteiger partial charge in [0.2, 0.25) is 9.70 Å². The van der Waals surface area contributed by atoms with E-state index in [2.05, 4.69) is 10.6 Å². The number of nitrogens with one attached hydrogen (secondary N) is 2. The number of halogens is 3. The summed E-state index contributed by atoms with van der Waals surface area (Å²) < 4.78 is 3.39. The molecule has 2 rings (SSSR count). The average Bonchev–Trinajstić information content (AvgIpc) is 3.05. The fourth-order valence-electron chi connectivity index (χ4n) is 2.56. The van der Waals surface area contributed by atoms with Crippen LogP contribution in [-0.4, -0.2) is 28.4 Å². The van der Waals surface area contributed by atoms with Crippen molar-refractivity contribution in [3.63, 3.8) is 0 Å². The van der Waals surface area contributed by atoms with Gasteiger partial charge in [-0.15, -0.1) is 11.3 Å². The molecule has 0 unspecified atom stereocenters. The van der Waals surface area contributed by atoms with Crippen LogP contribution in [0.15, 0.2) is 0 Å². The number of carbonyl (C=O) groups is 2. The molecule has 9 heteroatoms. The van der Waals surface area contributed by atoms with E-state index in [0.717, 1.165) is 29.7 Å². The van der Waals surface area contributed by atoms with Crippen molar-refractivity contribution in [1.82, 2.24) is 5.32 Å². The summed E-state index contributed by atoms with van der Waals surface area (Å²) in [5.74, 6) is -0.928. The van der Waals surface area contributed by atoms with Crippen LogP contribution in [0.1, 0.15) is 48.0 Å². The Kier molecular flexibility index (Phi) is 6.87. The van der Waals surface area contributed by atoms with E-state index >= 15 is 0 Å². The molecule has 1 aliphatic carbocycles. The van der Waals surface area contributed by atoms with Gasteiger partial charge in [0.1, 0.15) is 11.2 Å². The fraction of sp³-hybridized carbons (Fsp3) is 0.625. The first kappa shape index (κ1) is 20.6. The highest BCUT2D eigenvalue weighted by Gasteiger charge is 2.37. The van der Waals surface area contributed by atoms with Crippen LogP contribution in [0.25, 0.3) is 0 Å². The van der Waals surface area contributed by atoms with E-state index in [9.17, 15) is 9.59 Å². The quantitative estimate of drug-likeness (QED) is 0.404. The number of thiophene rings is 1. The van der Waals surface area contributed by atoms with E-state index in [1.807, 2.05) is 0 Å². The first-order valence-corrected chi connectivity index (χ1v) is 10.1. The van der Waals surface area contributed by atoms with E-state index in [-0.39, 0.29) is 18.4 Å². The highest BCUT2D eigenvalue weighted by Crippen LogP contribution is 2.41. The highest BCUT2D eigenvalue weighted by molar-refractivity contribution is 7.16. The van der Waals surface area contributed by atoms with Crippen molar-refractivity contribution in [3.8, 4) is 0 Å². The Labute approximate surface area is 166 Å². The number of hydrogen-bond donors (Lipinski definition) is 2. The number of aryl methyl sites for hydroxylation is 1. The number of esters is 1. The lowest BCUT2D eigenvalue weighted by Gasteiger charge is -2.28. The van der Waals surface area contributed by atoms with Gasteiger partial charge in [-0.2, -0.15) is 0 Å². The van der Waals surface area contributed by atoms with E-state index in [1.165, 1.54) is 11.3 Å². The Bertz CT molecular complexity index is 656. The molecule has 0 fully saturated rings. The second kappa shape index (κ2) is 8.33. The molecule has 2 N–H and O–H groups in total. The number of fused-ring (bicyclic) bond motifs is 1. The monoisotopic (exact) mass is 426 g/mol. The van der Waals surface area contributed by atoms with Gasteiger partial charge < -0.3 is 15.4 Å². The van der Waals surface area contributed by atoms with Crippen molar-refractivity contribution in [1.29, 1.82) is 0 Å². The minimum Gasteiger partial charge on any atom is -0.462 e. The number of carbonyl (C=O) groups excluding carboxylic acids is 2. The van der Waals surface area contributed by atoms with Crippen LogP contribution in [0, 0.1) is 5.92 Å². The lowest BCUT2D eigenvalue weighted by molar-refractivity contribution is -0.124. The molecule has 1 aliphatic rings. The van der Waals surface area contributed by atoms with Crippen molar-refractivity contribution in [2.24, 2.45) is 5.92 Å². The molecule has 0 aromatic carbocycles. The van der Waals surface area contributed by atoms with Crippen LogP contribution in [0.4, 0.5) is 5.00 Å². The predicted octanol–water partition coefficient (Wildman–Crippen LogP) is 4.29. The molecular weight excluding hydrogens is 407 g/mol. The SMILES string of the molecule is CCOC(=O)c1c(N[C@H](NC(=O)C(C)C)C(Cl)(Cl)Cl)sc2c1CCC2. The second-order valence-corrected chi connectivity index (χ2v) is 9.54. The summed E-state index contributed by atoms with van der Waals surface area (Å²) in [5.41, 5.74) is 1.47. The molecular formula is C16H21Cl3N2O3S. The van der Waals surface area contributed by atoms with E-state index in [4.69, 9.17) is 39.5 Å². The van der Waals surface area contributed by atoms with Gasteiger partial charge in [0, 0.05) is 10.8 Å². The van der Waals surface area contributed by atoms with Crippen molar-refractivity contribution >= 4 is 63.0 Å². The zero-order valence-corrected chi connectivity index (χ0v) is 17.3. The van der Waals surface area contributed by atoms with Gasteiger partial charge in [0.05, 0.1) is 12.2 Å². The minimum atomic E-state index is -1.79. The van der Waals surface area contributed by atoms with Gasteiger partial charge in [-0.05, 0) is 31.7 Å². The molecule has 0 aliphatic heterocycles. The van der Waals surface area contributed by atoms with Gasteiger partial charge in [-0.25, -0.2) is 4.79 Å². The third-order valence-corrected chi connectivity index (χ3v) is 5.69. The predicted molar refractivity (Wildman–Crippen MR) is 103 cm³/mol. The topological polar surface area (TPSA) is 67.4 Å². The zero-order valence-electron chi connectivity index (χ0n) is 14.3. The van der Waals surface area contributed by atoms with Gasteiger partial charge >= 0.3 is 5.97 Å². The highest BCUT2D eigenvalue weighted by atomic mass is 35.6. The van der Waals surface area contributed by atoms with Crippen LogP contribution < -0.4 is 10.6 Å². The third kappa shape index (κ3) is 4.94. The van der Waals surface area contributed by atoms with E-state index in [0.29, 0.717) is 10.6 Å². The molecule has 0 saturated heterocycles. The van der Waals surface area contributed by atoms with Gasteiger partial charge in [-0.3, -0.25) is 4.79 Å². The Morgan fingerprint density at radius 3 is 2.52 bits per heavy atom. The molecule has 140 valence electrons. The third-order valence-electron chi connectivity index (χ3n) is 3.81. The molecule has 0 spiro atoms. The zero-order chi connectivity index (χ0) is 18.8. The number of amides is 1. The van der Waals surface area contributed by atoms with Crippen molar-refractivity contribution in [2.45, 2.75) is 50.0 Å². The van der Waals surface area contributed by atoms with Crippen LogP contribution in [0.3, 0.4) is 0 Å². The Morgan fingerprint density at radius 1 is 1.28 bits per heavy atom. The van der Waals surface area contributed by atoms with Crippen LogP contribution in [0.2, 0.25) is 0 Å². The fourth-order valence-corrected chi connectivity index (χ4v) is 4.20. The molecule has 1 amide bonds. The maximum absolute atomic E-state index is 12.4. The lowest BCUT2D eigenvalue weighted by Crippen LogP contribution is -2.50. The summed E-state index contributed by atoms with van der Waals surface area (Å²) in [6, 6.07) is 0. The minimum absolute atomic E-state index is 0.259. The molecule has 1 atom stereocenters. The van der Waals surface area contributed by atoms with Crippen LogP contribution in [0.5, 0.6) is 0 Å². The van der Waals surface area contributed by atoms with Gasteiger partial charge in [0.15, 0.2) is 0 Å². The normalized spacial score (nSPS) is 15.0. The molecule has 5 nitrogen and oxygen atoms in total. The molecule has 1 aromatic heterocycles. The molecule has 0 radical (unpaired) electrons. The van der Waals surface area contributed by atoms with Crippen molar-refractivity contribution in [2.75, 3.05) is 11.9 Å². The van der Waals surface area contributed by atoms with E-state index in [1.54, 1.807) is 20.8 Å². The summed E-state index contributed by atoms with van der Waals surface area (Å²) in [6.45, 7) is 5.52. The smallest absolute Gasteiger partial charge is 0.341 e. The van der Waals surface area contributed by atoms with Crippen molar-refractivity contribution < 1.29 is 14.3 Å². The first-order valence-electron chi connectivity index (χ1n) is 8.10. The Morgan fingerprint density at radius 2 is 1.96 bits per heavy atom. The summed E-state index contributed by atoms with van der Waals surface area (Å²) in [5, 5.41) is 6.27. The maximum atomic E-state index is 12.4. The largest absolute Gasteiger partial charge is 0.462 e. The van der Waals surface area contributed by atoms with Gasteiger partial charge in [-0.1, -0.05) is 48.7 Å². The van der Waals surface area contributed by atoms with Crippen molar-refractivity contribution in [3.05, 3.63) is 16.0 Å². The molecule has 25 heavy (non-hydrogen) atoms. The maximum Gasteiger partial charge on any atom is 0.341 e. The standard InChI is InChI=1S/C16H21Cl3N2O3S/c1-4-24-14(23)11-9-6-5-7-10(9)25-13(11)21-15(16(17,18)19)20-12(22)8(2)3/h8,15,21H,4-7H2,1-3H3,(H,20,22)/t15-/m0/s1. The summed E-state index contributed by atoms with van der Waals surface area (Å²) in [7, 11) is 0. The number of alkyl halides is 3. The Balaban J connectivity index is 2.33. The molecule has 1 aromatic rings. The number of anilines is 1. The average molecular weight is 428 g/mol. The number of hydrogen-bond acceptors (Lipinski definition) is 5. The summed E-state index contributed by atoms with van der Waals surface area (Å²) in [6.07, 6.45) is 1.76. The molecule has 1 heterocycles. The van der Waals surface area contributed by atoms with Crippen LogP contribution in [-0.2, 0) is 22.4 Å². The lowest BCUT2D eigenvalue weighted by atomic mass is 10.1. The summed E-state index contributed by atoms with van der Waals surface area (Å²) >= 11 is 19.5. The van der Waals surface area contributed by atoms with Crippen LogP contribution >= 0.6 is 46.1 Å². The molecule has 0 saturated carbocycles. The van der Waals surface area contributed by atoms with E-state index < -0.39 is 15.9 Å². The number of rotatable bonds is 6. The first-order chi connectivity index (χ1) is 11.6. The van der Waals surface area contributed by atoms with Gasteiger partial charge in [0.25, 0.3) is 0 Å². The second-order valence-electron chi connectivity index (χ2n) is 6.06. The number of ether oxygens (including phenoxy) is 1.